The second kappa shape index (κ2) is 5.77. The van der Waals surface area contributed by atoms with E-state index in [4.69, 9.17) is 4.42 Å². The van der Waals surface area contributed by atoms with Gasteiger partial charge >= 0.3 is 0 Å². The first-order valence-electron chi connectivity index (χ1n) is 6.95. The molecule has 0 radical (unpaired) electrons. The molecule has 3 rings (SSSR count). The third-order valence-electron chi connectivity index (χ3n) is 3.24. The summed E-state index contributed by atoms with van der Waals surface area (Å²) in [7, 11) is 0. The van der Waals surface area contributed by atoms with Crippen LogP contribution in [0.3, 0.4) is 0 Å². The van der Waals surface area contributed by atoms with Crippen LogP contribution in [0.2, 0.25) is 0 Å². The number of carbonyl (C=O) groups excluding carboxylic acids is 1. The maximum absolute atomic E-state index is 11.5. The minimum Gasteiger partial charge on any atom is -0.452 e. The Morgan fingerprint density at radius 2 is 1.68 bits per heavy atom. The van der Waals surface area contributed by atoms with Crippen molar-refractivity contribution in [1.82, 2.24) is 0 Å². The van der Waals surface area contributed by atoms with Crippen LogP contribution >= 0.6 is 0 Å². The summed E-state index contributed by atoms with van der Waals surface area (Å²) in [5.41, 5.74) is 2.83. The number of rotatable bonds is 4. The summed E-state index contributed by atoms with van der Waals surface area (Å²) in [6, 6.07) is 17.2. The maximum atomic E-state index is 11.5. The molecule has 4 heteroatoms. The summed E-state index contributed by atoms with van der Waals surface area (Å²) in [5, 5.41) is 6.87. The van der Waals surface area contributed by atoms with E-state index in [1.165, 1.54) is 6.92 Å². The number of furan rings is 1. The van der Waals surface area contributed by atoms with E-state index in [-0.39, 0.29) is 5.91 Å². The number of nitrogens with one attached hydrogen (secondary N) is 2. The molecule has 1 amide bonds. The van der Waals surface area contributed by atoms with Gasteiger partial charge in [0.1, 0.15) is 5.58 Å². The lowest BCUT2D eigenvalue weighted by Crippen LogP contribution is -2.08. The molecule has 0 saturated carbocycles. The predicted octanol–water partition coefficient (Wildman–Crippen LogP) is 4.47. The zero-order valence-electron chi connectivity index (χ0n) is 12.2. The smallest absolute Gasteiger partial charge is 0.221 e. The topological polar surface area (TPSA) is 54.3 Å². The third-order valence-corrected chi connectivity index (χ3v) is 3.24. The van der Waals surface area contributed by atoms with Gasteiger partial charge in [0.05, 0.1) is 11.4 Å². The molecular weight excluding hydrogens is 276 g/mol. The lowest BCUT2D eigenvalue weighted by molar-refractivity contribution is -0.114. The van der Waals surface area contributed by atoms with Crippen LogP contribution in [0.25, 0.3) is 16.7 Å². The normalized spacial score (nSPS) is 10.4. The number of benzene rings is 2. The lowest BCUT2D eigenvalue weighted by atomic mass is 10.2. The summed E-state index contributed by atoms with van der Waals surface area (Å²) in [6.45, 7) is 5.50. The molecule has 110 valence electrons. The highest BCUT2D eigenvalue weighted by atomic mass is 16.3. The van der Waals surface area contributed by atoms with Gasteiger partial charge in [-0.25, -0.2) is 0 Å². The molecule has 0 saturated heterocycles. The van der Waals surface area contributed by atoms with E-state index in [0.29, 0.717) is 22.7 Å². The van der Waals surface area contributed by atoms with Gasteiger partial charge in [0.25, 0.3) is 0 Å². The molecule has 22 heavy (non-hydrogen) atoms. The van der Waals surface area contributed by atoms with Gasteiger partial charge in [-0.15, -0.1) is 0 Å². The monoisotopic (exact) mass is 292 g/mol. The SMILES string of the molecule is C=C(Nc1ccccc1)c1oc2ccccc2c1NC(C)=O. The van der Waals surface area contributed by atoms with E-state index in [1.807, 2.05) is 54.6 Å². The highest BCUT2D eigenvalue weighted by Crippen LogP contribution is 2.35. The third kappa shape index (κ3) is 2.72. The van der Waals surface area contributed by atoms with Crippen molar-refractivity contribution in [2.45, 2.75) is 6.92 Å². The second-order valence-corrected chi connectivity index (χ2v) is 4.95. The molecule has 0 unspecified atom stereocenters. The number of amides is 1. The lowest BCUT2D eigenvalue weighted by Gasteiger charge is -2.09. The van der Waals surface area contributed by atoms with Gasteiger partial charge in [0, 0.05) is 18.0 Å². The molecule has 0 aliphatic rings. The highest BCUT2D eigenvalue weighted by molar-refractivity contribution is 6.04. The van der Waals surface area contributed by atoms with Crippen molar-refractivity contribution in [3.63, 3.8) is 0 Å². The molecule has 0 bridgehead atoms. The van der Waals surface area contributed by atoms with Crippen molar-refractivity contribution in [3.05, 3.63) is 66.9 Å². The average Bonchev–Trinajstić information content (AvgIpc) is 2.87. The number of hydrogen-bond donors (Lipinski definition) is 2. The van der Waals surface area contributed by atoms with E-state index in [2.05, 4.69) is 17.2 Å². The number of fused-ring (bicyclic) bond motifs is 1. The van der Waals surface area contributed by atoms with Crippen LogP contribution in [-0.4, -0.2) is 5.91 Å². The zero-order valence-corrected chi connectivity index (χ0v) is 12.2. The summed E-state index contributed by atoms with van der Waals surface area (Å²) < 4.78 is 5.86. The first kappa shape index (κ1) is 13.9. The first-order chi connectivity index (χ1) is 10.6. The minimum atomic E-state index is -0.152. The Balaban J connectivity index is 2.01. The predicted molar refractivity (Wildman–Crippen MR) is 89.6 cm³/mol. The second-order valence-electron chi connectivity index (χ2n) is 4.95. The van der Waals surface area contributed by atoms with Crippen LogP contribution < -0.4 is 10.6 Å². The van der Waals surface area contributed by atoms with E-state index in [1.54, 1.807) is 0 Å². The average molecular weight is 292 g/mol. The van der Waals surface area contributed by atoms with Gasteiger partial charge in [-0.05, 0) is 24.3 Å². The molecule has 2 N–H and O–H groups in total. The van der Waals surface area contributed by atoms with Crippen LogP contribution in [0.1, 0.15) is 12.7 Å². The molecular formula is C18H16N2O2. The van der Waals surface area contributed by atoms with E-state index >= 15 is 0 Å². The molecule has 0 aliphatic carbocycles. The van der Waals surface area contributed by atoms with Gasteiger partial charge in [0.15, 0.2) is 5.76 Å². The molecule has 1 aromatic heterocycles. The Hall–Kier alpha value is -3.01. The fourth-order valence-electron chi connectivity index (χ4n) is 2.31. The summed E-state index contributed by atoms with van der Waals surface area (Å²) in [5.74, 6) is 0.376. The Morgan fingerprint density at radius 3 is 2.41 bits per heavy atom. The summed E-state index contributed by atoms with van der Waals surface area (Å²) in [4.78, 5) is 11.5. The Morgan fingerprint density at radius 1 is 1.00 bits per heavy atom. The molecule has 4 nitrogen and oxygen atoms in total. The molecule has 0 aliphatic heterocycles. The van der Waals surface area contributed by atoms with Gasteiger partial charge in [-0.3, -0.25) is 4.79 Å². The molecule has 0 spiro atoms. The van der Waals surface area contributed by atoms with Crippen LogP contribution in [-0.2, 0) is 4.79 Å². The van der Waals surface area contributed by atoms with Crippen molar-refractivity contribution in [2.24, 2.45) is 0 Å². The van der Waals surface area contributed by atoms with Crippen LogP contribution in [0.15, 0.2) is 65.6 Å². The molecule has 1 heterocycles. The minimum absolute atomic E-state index is 0.152. The Kier molecular flexibility index (Phi) is 3.66. The molecule has 0 atom stereocenters. The summed E-state index contributed by atoms with van der Waals surface area (Å²) in [6.07, 6.45) is 0. The molecule has 0 fully saturated rings. The van der Waals surface area contributed by atoms with Gasteiger partial charge < -0.3 is 15.1 Å². The fourth-order valence-corrected chi connectivity index (χ4v) is 2.31. The van der Waals surface area contributed by atoms with E-state index in [9.17, 15) is 4.79 Å². The van der Waals surface area contributed by atoms with Gasteiger partial charge in [-0.2, -0.15) is 0 Å². The van der Waals surface area contributed by atoms with Crippen molar-refractivity contribution in [3.8, 4) is 0 Å². The molecule has 2 aromatic carbocycles. The van der Waals surface area contributed by atoms with Crippen molar-refractivity contribution in [2.75, 3.05) is 10.6 Å². The van der Waals surface area contributed by atoms with E-state index < -0.39 is 0 Å². The number of anilines is 2. The fraction of sp³-hybridized carbons (Fsp3) is 0.0556. The highest BCUT2D eigenvalue weighted by Gasteiger charge is 2.17. The van der Waals surface area contributed by atoms with Crippen molar-refractivity contribution in [1.29, 1.82) is 0 Å². The Bertz CT molecular complexity index is 835. The number of carbonyl (C=O) groups is 1. The van der Waals surface area contributed by atoms with Crippen molar-refractivity contribution >= 4 is 33.9 Å². The van der Waals surface area contributed by atoms with Crippen molar-refractivity contribution < 1.29 is 9.21 Å². The molecule has 3 aromatic rings. The summed E-state index contributed by atoms with van der Waals surface area (Å²) >= 11 is 0. The zero-order chi connectivity index (χ0) is 15.5. The van der Waals surface area contributed by atoms with Crippen LogP contribution in [0.5, 0.6) is 0 Å². The van der Waals surface area contributed by atoms with Gasteiger partial charge in [0.2, 0.25) is 5.91 Å². The van der Waals surface area contributed by atoms with Crippen LogP contribution in [0.4, 0.5) is 11.4 Å². The standard InChI is InChI=1S/C18H16N2O2/c1-12(19-14-8-4-3-5-9-14)18-17(20-13(2)21)15-10-6-7-11-16(15)22-18/h3-11,19H,1H2,2H3,(H,20,21). The number of hydrogen-bond acceptors (Lipinski definition) is 3. The number of para-hydroxylation sites is 2. The first-order valence-corrected chi connectivity index (χ1v) is 6.95. The quantitative estimate of drug-likeness (QED) is 0.745. The van der Waals surface area contributed by atoms with E-state index in [0.717, 1.165) is 11.1 Å². The van der Waals surface area contributed by atoms with Crippen LogP contribution in [0, 0.1) is 0 Å². The van der Waals surface area contributed by atoms with Gasteiger partial charge in [-0.1, -0.05) is 36.9 Å². The maximum Gasteiger partial charge on any atom is 0.221 e. The Labute approximate surface area is 128 Å². The largest absolute Gasteiger partial charge is 0.452 e.